The smallest absolute Gasteiger partial charge is 0.279 e. The van der Waals surface area contributed by atoms with E-state index in [-0.39, 0.29) is 6.04 Å². The van der Waals surface area contributed by atoms with Gasteiger partial charge in [0.15, 0.2) is 0 Å². The molecule has 0 saturated carbocycles. The summed E-state index contributed by atoms with van der Waals surface area (Å²) in [5.41, 5.74) is 1.05. The highest BCUT2D eigenvalue weighted by Crippen LogP contribution is 2.11. The lowest BCUT2D eigenvalue weighted by Crippen LogP contribution is -2.47. The maximum atomic E-state index is 12.1. The van der Waals surface area contributed by atoms with Gasteiger partial charge < -0.3 is 9.64 Å². The Hall–Kier alpha value is -1.15. The summed E-state index contributed by atoms with van der Waals surface area (Å²) in [5.74, 6) is 0. The van der Waals surface area contributed by atoms with E-state index in [4.69, 9.17) is 4.74 Å². The molecule has 1 atom stereocenters. The topological polar surface area (TPSA) is 61.9 Å². The molecule has 0 spiro atoms. The van der Waals surface area contributed by atoms with Crippen LogP contribution in [0, 0.1) is 0 Å². The third kappa shape index (κ3) is 6.01. The van der Waals surface area contributed by atoms with Gasteiger partial charge in [-0.3, -0.25) is 0 Å². The molecule has 0 fully saturated rings. The van der Waals surface area contributed by atoms with Crippen molar-refractivity contribution in [2.24, 2.45) is 0 Å². The number of rotatable bonds is 9. The number of hydrogen-bond donors (Lipinski definition) is 1. The maximum absolute atomic E-state index is 12.1. The minimum absolute atomic E-state index is 0.204. The van der Waals surface area contributed by atoms with Crippen LogP contribution in [0.25, 0.3) is 0 Å². The van der Waals surface area contributed by atoms with Crippen molar-refractivity contribution in [3.8, 4) is 0 Å². The second-order valence-corrected chi connectivity index (χ2v) is 6.86. The van der Waals surface area contributed by atoms with Gasteiger partial charge in [0.05, 0.1) is 6.61 Å². The van der Waals surface area contributed by atoms with Crippen molar-refractivity contribution in [3.05, 3.63) is 30.3 Å². The number of nitrogens with one attached hydrogen (secondary N) is 1. The van der Waals surface area contributed by atoms with E-state index in [0.717, 1.165) is 5.69 Å². The molecule has 1 aromatic carbocycles. The highest BCUT2D eigenvalue weighted by Gasteiger charge is 2.20. The molecule has 0 heterocycles. The van der Waals surface area contributed by atoms with Gasteiger partial charge in [0, 0.05) is 46.0 Å². The third-order valence-corrected chi connectivity index (χ3v) is 4.82. The Morgan fingerprint density at radius 3 is 2.43 bits per heavy atom. The zero-order valence-corrected chi connectivity index (χ0v) is 13.9. The fraction of sp³-hybridized carbons (Fsp3) is 0.571. The van der Waals surface area contributed by atoms with E-state index in [9.17, 15) is 8.42 Å². The van der Waals surface area contributed by atoms with Gasteiger partial charge in [0.25, 0.3) is 10.2 Å². The van der Waals surface area contributed by atoms with E-state index < -0.39 is 10.2 Å². The van der Waals surface area contributed by atoms with Crippen LogP contribution < -0.4 is 9.62 Å². The minimum Gasteiger partial charge on any atom is -0.383 e. The monoisotopic (exact) mass is 315 g/mol. The molecule has 0 aromatic heterocycles. The minimum atomic E-state index is -3.48. The molecule has 0 radical (unpaired) electrons. The number of nitrogens with zero attached hydrogens (tertiary/aromatic N) is 2. The van der Waals surface area contributed by atoms with Gasteiger partial charge in [0.1, 0.15) is 0 Å². The van der Waals surface area contributed by atoms with Crippen molar-refractivity contribution < 1.29 is 13.2 Å². The molecule has 120 valence electrons. The molecule has 1 rings (SSSR count). The Kier molecular flexibility index (Phi) is 7.10. The quantitative estimate of drug-likeness (QED) is 0.736. The highest BCUT2D eigenvalue weighted by molar-refractivity contribution is 7.87. The average Bonchev–Trinajstić information content (AvgIpc) is 2.44. The third-order valence-electron chi connectivity index (χ3n) is 3.12. The summed E-state index contributed by atoms with van der Waals surface area (Å²) in [7, 11) is 1.54. The summed E-state index contributed by atoms with van der Waals surface area (Å²) in [4.78, 5) is 2.02. The van der Waals surface area contributed by atoms with Gasteiger partial charge in [-0.25, -0.2) is 0 Å². The van der Waals surface area contributed by atoms with Gasteiger partial charge in [-0.15, -0.1) is 0 Å². The lowest BCUT2D eigenvalue weighted by atomic mass is 10.2. The molecular weight excluding hydrogens is 290 g/mol. The van der Waals surface area contributed by atoms with Gasteiger partial charge >= 0.3 is 0 Å². The van der Waals surface area contributed by atoms with E-state index in [1.165, 1.54) is 11.4 Å². The van der Waals surface area contributed by atoms with Crippen molar-refractivity contribution in [2.75, 3.05) is 45.8 Å². The van der Waals surface area contributed by atoms with Crippen LogP contribution in [0.15, 0.2) is 30.3 Å². The van der Waals surface area contributed by atoms with Crippen LogP contribution in [0.1, 0.15) is 6.92 Å². The molecule has 7 heteroatoms. The molecule has 0 aliphatic carbocycles. The number of ether oxygens (including phenoxy) is 1. The molecule has 0 aliphatic heterocycles. The summed E-state index contributed by atoms with van der Waals surface area (Å²) in [6.07, 6.45) is 0. The first-order valence-electron chi connectivity index (χ1n) is 6.85. The lowest BCUT2D eigenvalue weighted by Gasteiger charge is -2.26. The SMILES string of the molecule is COCCN(C)S(=O)(=O)N[C@@H](C)CN(C)c1ccccc1. The Morgan fingerprint density at radius 1 is 1.24 bits per heavy atom. The standard InChI is InChI=1S/C14H25N3O3S/c1-13(12-16(2)14-8-6-5-7-9-14)15-21(18,19)17(3)10-11-20-4/h5-9,13,15H,10-12H2,1-4H3/t13-/m0/s1. The molecule has 21 heavy (non-hydrogen) atoms. The number of anilines is 1. The molecule has 0 bridgehead atoms. The summed E-state index contributed by atoms with van der Waals surface area (Å²) >= 11 is 0. The molecule has 0 unspecified atom stereocenters. The second-order valence-electron chi connectivity index (χ2n) is 5.05. The normalized spacial score (nSPS) is 13.4. The number of hydrogen-bond acceptors (Lipinski definition) is 4. The highest BCUT2D eigenvalue weighted by atomic mass is 32.2. The van der Waals surface area contributed by atoms with Gasteiger partial charge in [-0.2, -0.15) is 17.4 Å². The van der Waals surface area contributed by atoms with E-state index >= 15 is 0 Å². The Labute approximate surface area is 127 Å². The fourth-order valence-corrected chi connectivity index (χ4v) is 3.00. The summed E-state index contributed by atoms with van der Waals surface area (Å²) < 4.78 is 33.0. The second kappa shape index (κ2) is 8.33. The van der Waals surface area contributed by atoms with Crippen molar-refractivity contribution in [1.29, 1.82) is 0 Å². The summed E-state index contributed by atoms with van der Waals surface area (Å²) in [6.45, 7) is 3.13. The van der Waals surface area contributed by atoms with Gasteiger partial charge in [-0.05, 0) is 19.1 Å². The summed E-state index contributed by atoms with van der Waals surface area (Å²) in [5, 5.41) is 0. The molecule has 0 aliphatic rings. The van der Waals surface area contributed by atoms with Gasteiger partial charge in [0.2, 0.25) is 0 Å². The zero-order valence-electron chi connectivity index (χ0n) is 13.1. The molecule has 0 amide bonds. The van der Waals surface area contributed by atoms with Crippen LogP contribution in [0.4, 0.5) is 5.69 Å². The molecule has 1 aromatic rings. The van der Waals surface area contributed by atoms with E-state index in [1.807, 2.05) is 49.2 Å². The zero-order chi connectivity index (χ0) is 15.9. The molecule has 1 N–H and O–H groups in total. The largest absolute Gasteiger partial charge is 0.383 e. The van der Waals surface area contributed by atoms with E-state index in [0.29, 0.717) is 19.7 Å². The summed E-state index contributed by atoms with van der Waals surface area (Å²) in [6, 6.07) is 9.65. The first-order chi connectivity index (χ1) is 9.86. The van der Waals surface area contributed by atoms with Crippen molar-refractivity contribution in [1.82, 2.24) is 9.03 Å². The van der Waals surface area contributed by atoms with Crippen molar-refractivity contribution in [3.63, 3.8) is 0 Å². The molecule has 6 nitrogen and oxygen atoms in total. The fourth-order valence-electron chi connectivity index (χ4n) is 1.92. The predicted octanol–water partition coefficient (Wildman–Crippen LogP) is 0.924. The lowest BCUT2D eigenvalue weighted by molar-refractivity contribution is 0.184. The van der Waals surface area contributed by atoms with Crippen LogP contribution in [-0.2, 0) is 14.9 Å². The van der Waals surface area contributed by atoms with Crippen LogP contribution in [0.5, 0.6) is 0 Å². The number of likely N-dealkylation sites (N-methyl/N-ethyl adjacent to an activating group) is 2. The van der Waals surface area contributed by atoms with Crippen LogP contribution in [0.2, 0.25) is 0 Å². The van der Waals surface area contributed by atoms with Crippen molar-refractivity contribution in [2.45, 2.75) is 13.0 Å². The Bertz CT molecular complexity index is 507. The molecule has 0 saturated heterocycles. The Morgan fingerprint density at radius 2 is 1.86 bits per heavy atom. The first-order valence-corrected chi connectivity index (χ1v) is 8.29. The average molecular weight is 315 g/mol. The first kappa shape index (κ1) is 17.9. The number of methoxy groups -OCH3 is 1. The predicted molar refractivity (Wildman–Crippen MR) is 85.7 cm³/mol. The number of benzene rings is 1. The van der Waals surface area contributed by atoms with Crippen LogP contribution in [-0.4, -0.2) is 59.7 Å². The maximum Gasteiger partial charge on any atom is 0.279 e. The molecular formula is C14H25N3O3S. The van der Waals surface area contributed by atoms with E-state index in [2.05, 4.69) is 4.72 Å². The number of para-hydroxylation sites is 1. The van der Waals surface area contributed by atoms with Crippen LogP contribution >= 0.6 is 0 Å². The Balaban J connectivity index is 2.54. The van der Waals surface area contributed by atoms with Gasteiger partial charge in [-0.1, -0.05) is 18.2 Å². The van der Waals surface area contributed by atoms with E-state index in [1.54, 1.807) is 7.11 Å². The van der Waals surface area contributed by atoms with Crippen molar-refractivity contribution >= 4 is 15.9 Å². The van der Waals surface area contributed by atoms with Crippen LogP contribution in [0.3, 0.4) is 0 Å².